The van der Waals surface area contributed by atoms with E-state index in [9.17, 15) is 0 Å². The third-order valence-electron chi connectivity index (χ3n) is 18.6. The molecular formula is C78H67BF6N2. The van der Waals surface area contributed by atoms with E-state index >= 15 is 26.3 Å². The molecule has 0 aliphatic carbocycles. The second-order valence-electron chi connectivity index (χ2n) is 28.5. The highest BCUT2D eigenvalue weighted by Gasteiger charge is 2.44. The Morgan fingerprint density at radius 3 is 0.989 bits per heavy atom. The number of halogens is 6. The zero-order valence-corrected chi connectivity index (χ0v) is 51.1. The van der Waals surface area contributed by atoms with Crippen LogP contribution in [0.4, 0.5) is 26.3 Å². The van der Waals surface area contributed by atoms with Gasteiger partial charge in [-0.25, -0.2) is 0 Å². The van der Waals surface area contributed by atoms with Gasteiger partial charge in [0.15, 0.2) is 0 Å². The summed E-state index contributed by atoms with van der Waals surface area (Å²) in [5.41, 5.74) is 17.7. The summed E-state index contributed by atoms with van der Waals surface area (Å²) in [5.74, 6) is 0. The Labute approximate surface area is 505 Å². The molecule has 0 unspecified atom stereocenters. The Morgan fingerprint density at radius 2 is 0.621 bits per heavy atom. The molecule has 0 N–H and O–H groups in total. The van der Waals surface area contributed by atoms with Crippen molar-refractivity contribution in [1.29, 1.82) is 0 Å². The number of alkyl halides is 6. The first-order chi connectivity index (χ1) is 40.9. The molecule has 2 aromatic heterocycles. The Bertz CT molecular complexity index is 4780. The van der Waals surface area contributed by atoms with Gasteiger partial charge in [-0.15, -0.1) is 0 Å². The molecule has 87 heavy (non-hydrogen) atoms. The van der Waals surface area contributed by atoms with Gasteiger partial charge >= 0.3 is 12.4 Å². The van der Waals surface area contributed by atoms with Crippen LogP contribution >= 0.6 is 0 Å². The standard InChI is InChI=1S/C78H67BF6N2/c1-73(2,3)53-23-13-44(14-24-53)48-21-32-66-60(37-48)62-39-50(46-17-27-55(28-18-46)75(7,8)9)41-64-70(62)86(66)68-34-31-59(52-35-57(77(80,81)82)43-58(36-52)78(83,84)85)72-69(68)79(64)65-42-51(47-19-29-56(30-20-47)76(10,11)12)40-63-61-38-49(22-33-67(61)87(72)71(63)65)45-15-25-54(26-16-45)74(4,5)6/h13-43H,1-12H3. The van der Waals surface area contributed by atoms with E-state index in [1.807, 2.05) is 6.07 Å². The van der Waals surface area contributed by atoms with Crippen LogP contribution in [0, 0.1) is 0 Å². The summed E-state index contributed by atoms with van der Waals surface area (Å²) >= 11 is 0. The topological polar surface area (TPSA) is 9.86 Å². The van der Waals surface area contributed by atoms with Crippen LogP contribution in [-0.4, -0.2) is 15.8 Å². The molecule has 10 aromatic carbocycles. The molecule has 0 saturated heterocycles. The van der Waals surface area contributed by atoms with Gasteiger partial charge in [-0.3, -0.25) is 0 Å². The summed E-state index contributed by atoms with van der Waals surface area (Å²) in [6.07, 6.45) is -10.1. The van der Waals surface area contributed by atoms with Crippen molar-refractivity contribution in [2.45, 2.75) is 117 Å². The van der Waals surface area contributed by atoms with Crippen LogP contribution in [0.3, 0.4) is 0 Å². The summed E-state index contributed by atoms with van der Waals surface area (Å²) in [4.78, 5) is 0. The van der Waals surface area contributed by atoms with E-state index < -0.39 is 30.2 Å². The van der Waals surface area contributed by atoms with E-state index in [2.05, 4.69) is 250 Å². The van der Waals surface area contributed by atoms with E-state index in [0.717, 1.165) is 122 Å². The van der Waals surface area contributed by atoms with E-state index in [4.69, 9.17) is 0 Å². The molecule has 0 spiro atoms. The van der Waals surface area contributed by atoms with E-state index in [0.29, 0.717) is 5.69 Å². The summed E-state index contributed by atoms with van der Waals surface area (Å²) < 4.78 is 95.2. The number of fused-ring (bicyclic) bond motifs is 10. The monoisotopic (exact) mass is 1160 g/mol. The highest BCUT2D eigenvalue weighted by molar-refractivity contribution is 7.00. The van der Waals surface area contributed by atoms with E-state index in [-0.39, 0.29) is 38.9 Å². The molecule has 2 nitrogen and oxygen atoms in total. The van der Waals surface area contributed by atoms with Gasteiger partial charge in [0.2, 0.25) is 0 Å². The summed E-state index contributed by atoms with van der Waals surface area (Å²) in [6, 6.07) is 62.7. The summed E-state index contributed by atoms with van der Waals surface area (Å²) in [5, 5.41) is 3.89. The second-order valence-corrected chi connectivity index (χ2v) is 28.5. The number of nitrogens with zero attached hydrogens (tertiary/aromatic N) is 2. The minimum atomic E-state index is -5.07. The lowest BCUT2D eigenvalue weighted by Crippen LogP contribution is -2.59. The molecule has 0 radical (unpaired) electrons. The number of benzene rings is 10. The van der Waals surface area contributed by atoms with Gasteiger partial charge in [0, 0.05) is 43.8 Å². The molecule has 434 valence electrons. The first-order valence-corrected chi connectivity index (χ1v) is 30.1. The number of aromatic nitrogens is 2. The highest BCUT2D eigenvalue weighted by Crippen LogP contribution is 2.48. The lowest BCUT2D eigenvalue weighted by molar-refractivity contribution is -0.143. The predicted molar refractivity (Wildman–Crippen MR) is 352 cm³/mol. The Morgan fingerprint density at radius 1 is 0.287 bits per heavy atom. The molecule has 0 amide bonds. The van der Waals surface area contributed by atoms with Gasteiger partial charge in [0.25, 0.3) is 6.71 Å². The lowest BCUT2D eigenvalue weighted by Gasteiger charge is -2.35. The first kappa shape index (κ1) is 56.3. The maximum atomic E-state index is 15.1. The molecule has 14 rings (SSSR count). The van der Waals surface area contributed by atoms with Crippen molar-refractivity contribution in [3.8, 4) is 67.0 Å². The summed E-state index contributed by atoms with van der Waals surface area (Å²) in [7, 11) is 0. The Kier molecular flexibility index (Phi) is 12.3. The van der Waals surface area contributed by atoms with Crippen LogP contribution in [0.1, 0.15) is 116 Å². The fourth-order valence-electron chi connectivity index (χ4n) is 13.8. The molecule has 2 aliphatic heterocycles. The van der Waals surface area contributed by atoms with Crippen LogP contribution in [0.15, 0.2) is 188 Å². The quantitative estimate of drug-likeness (QED) is 0.120. The molecule has 0 fully saturated rings. The highest BCUT2D eigenvalue weighted by atomic mass is 19.4. The van der Waals surface area contributed by atoms with Gasteiger partial charge in [0.1, 0.15) is 0 Å². The molecule has 9 heteroatoms. The minimum Gasteiger partial charge on any atom is -0.310 e. The zero-order valence-electron chi connectivity index (χ0n) is 51.1. The maximum Gasteiger partial charge on any atom is 0.416 e. The SMILES string of the molecule is CC(C)(C)c1ccc(-c2ccc3c(c2)c2cc(-c4ccc(C(C)(C)C)cc4)cc4c2n3-c2ccc(-c3cc(C(F)(F)F)cc(C(F)(F)F)c3)c3c2B4c2cc(-c4ccc(C(C)(C)C)cc4)cc4c5cc(-c6ccc(C(C)(C)C)cc6)ccc5n-3c24)cc1. The summed E-state index contributed by atoms with van der Waals surface area (Å²) in [6.45, 7) is 25.9. The van der Waals surface area contributed by atoms with Gasteiger partial charge in [-0.2, -0.15) is 26.3 Å². The average Bonchev–Trinajstić information content (AvgIpc) is 1.62. The van der Waals surface area contributed by atoms with Crippen molar-refractivity contribution in [2.24, 2.45) is 0 Å². The van der Waals surface area contributed by atoms with E-state index in [1.165, 1.54) is 22.3 Å². The van der Waals surface area contributed by atoms with Crippen LogP contribution in [0.2, 0.25) is 0 Å². The lowest BCUT2D eigenvalue weighted by atomic mass is 9.34. The van der Waals surface area contributed by atoms with Gasteiger partial charge in [-0.05, 0) is 171 Å². The smallest absolute Gasteiger partial charge is 0.310 e. The second kappa shape index (κ2) is 19.0. The zero-order chi connectivity index (χ0) is 61.4. The van der Waals surface area contributed by atoms with Crippen LogP contribution in [-0.2, 0) is 34.0 Å². The largest absolute Gasteiger partial charge is 0.416 e. The van der Waals surface area contributed by atoms with Gasteiger partial charge < -0.3 is 9.13 Å². The molecular weight excluding hydrogens is 1090 g/mol. The molecule has 0 saturated carbocycles. The first-order valence-electron chi connectivity index (χ1n) is 30.1. The molecule has 2 aliphatic rings. The van der Waals surface area contributed by atoms with Gasteiger partial charge in [0.05, 0.1) is 27.8 Å². The molecule has 4 heterocycles. The number of hydrogen-bond donors (Lipinski definition) is 0. The Balaban J connectivity index is 1.14. The van der Waals surface area contributed by atoms with Crippen molar-refractivity contribution in [3.05, 3.63) is 221 Å². The minimum absolute atomic E-state index is 0.0336. The average molecular weight is 1160 g/mol. The normalized spacial score (nSPS) is 13.6. The fraction of sp³-hybridized carbons (Fsp3) is 0.231. The molecule has 0 bridgehead atoms. The van der Waals surface area contributed by atoms with Crippen LogP contribution < -0.4 is 16.4 Å². The van der Waals surface area contributed by atoms with Crippen LogP contribution in [0.5, 0.6) is 0 Å². The maximum absolute atomic E-state index is 15.1. The molecule has 12 aromatic rings. The van der Waals surface area contributed by atoms with Crippen LogP contribution in [0.25, 0.3) is 111 Å². The van der Waals surface area contributed by atoms with Crippen molar-refractivity contribution >= 4 is 66.7 Å². The molecule has 0 atom stereocenters. The van der Waals surface area contributed by atoms with Crippen molar-refractivity contribution in [1.82, 2.24) is 9.13 Å². The van der Waals surface area contributed by atoms with Gasteiger partial charge in [-0.1, -0.05) is 210 Å². The van der Waals surface area contributed by atoms with Crippen molar-refractivity contribution in [2.75, 3.05) is 0 Å². The Hall–Kier alpha value is -8.56. The number of rotatable bonds is 5. The van der Waals surface area contributed by atoms with E-state index in [1.54, 1.807) is 6.07 Å². The third-order valence-corrected chi connectivity index (χ3v) is 18.6. The number of hydrogen-bond acceptors (Lipinski definition) is 0. The predicted octanol–water partition coefficient (Wildman–Crippen LogP) is 20.6. The van der Waals surface area contributed by atoms with Crippen molar-refractivity contribution in [3.63, 3.8) is 0 Å². The fourth-order valence-corrected chi connectivity index (χ4v) is 13.8. The third kappa shape index (κ3) is 9.24. The van der Waals surface area contributed by atoms with Crippen molar-refractivity contribution < 1.29 is 26.3 Å².